The summed E-state index contributed by atoms with van der Waals surface area (Å²) in [5, 5.41) is 0. The summed E-state index contributed by atoms with van der Waals surface area (Å²) in [7, 11) is 0. The van der Waals surface area contributed by atoms with E-state index in [0.29, 0.717) is 6.61 Å². The second-order valence-electron chi connectivity index (χ2n) is 4.29. The van der Waals surface area contributed by atoms with E-state index >= 15 is 0 Å². The molecule has 0 saturated heterocycles. The van der Waals surface area contributed by atoms with Gasteiger partial charge in [0.25, 0.3) is 0 Å². The maximum absolute atomic E-state index is 5.92. The highest BCUT2D eigenvalue weighted by molar-refractivity contribution is 9.10. The Labute approximate surface area is 125 Å². The van der Waals surface area contributed by atoms with Gasteiger partial charge in [0, 0.05) is 10.0 Å². The lowest BCUT2D eigenvalue weighted by atomic mass is 10.1. The third kappa shape index (κ3) is 2.91. The van der Waals surface area contributed by atoms with Crippen molar-refractivity contribution in [2.75, 3.05) is 0 Å². The van der Waals surface area contributed by atoms with Crippen LogP contribution in [-0.4, -0.2) is 4.98 Å². The molecule has 0 fully saturated rings. The molecule has 0 aliphatic rings. The molecule has 0 spiro atoms. The Morgan fingerprint density at radius 3 is 2.70 bits per heavy atom. The molecule has 0 saturated carbocycles. The first-order valence-corrected chi connectivity index (χ1v) is 6.97. The molecule has 0 bridgehead atoms. The first-order chi connectivity index (χ1) is 9.83. The van der Waals surface area contributed by atoms with Crippen molar-refractivity contribution in [3.63, 3.8) is 0 Å². The molecular formula is C16H12BrNO2. The maximum Gasteiger partial charge on any atom is 0.181 e. The molecule has 3 rings (SSSR count). The molecular weight excluding hydrogens is 318 g/mol. The number of nitrogens with zero attached hydrogens (tertiary/aromatic N) is 1. The van der Waals surface area contributed by atoms with Crippen molar-refractivity contribution in [1.29, 1.82) is 0 Å². The van der Waals surface area contributed by atoms with Gasteiger partial charge in [-0.25, -0.2) is 4.98 Å². The minimum atomic E-state index is 0.516. The lowest BCUT2D eigenvalue weighted by Crippen LogP contribution is -1.97. The molecule has 0 N–H and O–H groups in total. The van der Waals surface area contributed by atoms with E-state index in [1.54, 1.807) is 6.26 Å². The van der Waals surface area contributed by atoms with Crippen LogP contribution in [0.5, 0.6) is 5.75 Å². The SMILES string of the molecule is Brc1ccc(-c2cocn2)c(OCc2ccccc2)c1. The fourth-order valence-corrected chi connectivity index (χ4v) is 2.25. The second-order valence-corrected chi connectivity index (χ2v) is 5.20. The summed E-state index contributed by atoms with van der Waals surface area (Å²) >= 11 is 3.46. The van der Waals surface area contributed by atoms with Crippen molar-refractivity contribution in [3.8, 4) is 17.0 Å². The van der Waals surface area contributed by atoms with E-state index in [-0.39, 0.29) is 0 Å². The third-order valence-electron chi connectivity index (χ3n) is 2.89. The summed E-state index contributed by atoms with van der Waals surface area (Å²) in [6.45, 7) is 0.516. The van der Waals surface area contributed by atoms with E-state index in [1.165, 1.54) is 6.39 Å². The van der Waals surface area contributed by atoms with Gasteiger partial charge in [0.15, 0.2) is 6.39 Å². The van der Waals surface area contributed by atoms with Crippen LogP contribution < -0.4 is 4.74 Å². The van der Waals surface area contributed by atoms with Crippen LogP contribution >= 0.6 is 15.9 Å². The first-order valence-electron chi connectivity index (χ1n) is 6.18. The van der Waals surface area contributed by atoms with E-state index in [9.17, 15) is 0 Å². The molecule has 0 atom stereocenters. The fraction of sp³-hybridized carbons (Fsp3) is 0.0625. The van der Waals surface area contributed by atoms with Crippen LogP contribution in [0.1, 0.15) is 5.56 Å². The van der Waals surface area contributed by atoms with Crippen LogP contribution in [0.2, 0.25) is 0 Å². The van der Waals surface area contributed by atoms with E-state index < -0.39 is 0 Å². The predicted molar refractivity (Wildman–Crippen MR) is 80.4 cm³/mol. The van der Waals surface area contributed by atoms with Gasteiger partial charge < -0.3 is 9.15 Å². The maximum atomic E-state index is 5.92. The van der Waals surface area contributed by atoms with E-state index in [4.69, 9.17) is 9.15 Å². The quantitative estimate of drug-likeness (QED) is 0.696. The van der Waals surface area contributed by atoms with Crippen LogP contribution in [0.15, 0.2) is 70.1 Å². The Morgan fingerprint density at radius 1 is 1.10 bits per heavy atom. The van der Waals surface area contributed by atoms with Crippen LogP contribution in [0, 0.1) is 0 Å². The monoisotopic (exact) mass is 329 g/mol. The topological polar surface area (TPSA) is 35.3 Å². The van der Waals surface area contributed by atoms with E-state index in [2.05, 4.69) is 20.9 Å². The van der Waals surface area contributed by atoms with Crippen molar-refractivity contribution >= 4 is 15.9 Å². The number of benzene rings is 2. The lowest BCUT2D eigenvalue weighted by molar-refractivity contribution is 0.307. The lowest BCUT2D eigenvalue weighted by Gasteiger charge is -2.10. The average Bonchev–Trinajstić information content (AvgIpc) is 3.00. The van der Waals surface area contributed by atoms with Crippen molar-refractivity contribution in [2.24, 2.45) is 0 Å². The largest absolute Gasteiger partial charge is 0.488 e. The summed E-state index contributed by atoms with van der Waals surface area (Å²) in [5.41, 5.74) is 2.80. The number of hydrogen-bond donors (Lipinski definition) is 0. The van der Waals surface area contributed by atoms with Crippen LogP contribution in [0.25, 0.3) is 11.3 Å². The Balaban J connectivity index is 1.87. The predicted octanol–water partition coefficient (Wildman–Crippen LogP) is 4.68. The van der Waals surface area contributed by atoms with Crippen molar-refractivity contribution < 1.29 is 9.15 Å². The Kier molecular flexibility index (Phi) is 3.83. The minimum absolute atomic E-state index is 0.516. The molecule has 1 aromatic heterocycles. The summed E-state index contributed by atoms with van der Waals surface area (Å²) in [6.07, 6.45) is 3.02. The van der Waals surface area contributed by atoms with Crippen molar-refractivity contribution in [1.82, 2.24) is 4.98 Å². The number of halogens is 1. The normalized spacial score (nSPS) is 10.4. The van der Waals surface area contributed by atoms with Crippen molar-refractivity contribution in [3.05, 3.63) is 71.2 Å². The summed E-state index contributed by atoms with van der Waals surface area (Å²) in [6, 6.07) is 15.9. The molecule has 0 unspecified atom stereocenters. The molecule has 1 heterocycles. The van der Waals surface area contributed by atoms with Gasteiger partial charge in [-0.1, -0.05) is 46.3 Å². The molecule has 0 amide bonds. The molecule has 3 nitrogen and oxygen atoms in total. The molecule has 2 aromatic carbocycles. The zero-order chi connectivity index (χ0) is 13.8. The van der Waals surface area contributed by atoms with Gasteiger partial charge in [-0.2, -0.15) is 0 Å². The summed E-state index contributed by atoms with van der Waals surface area (Å²) < 4.78 is 11.9. The third-order valence-corrected chi connectivity index (χ3v) is 3.38. The van der Waals surface area contributed by atoms with Gasteiger partial charge in [0.1, 0.15) is 24.3 Å². The standard InChI is InChI=1S/C16H12BrNO2/c17-13-6-7-14(15-10-19-11-18-15)16(8-13)20-9-12-4-2-1-3-5-12/h1-8,10-11H,9H2. The number of oxazole rings is 1. The Bertz CT molecular complexity index is 681. The Hall–Kier alpha value is -2.07. The number of rotatable bonds is 4. The van der Waals surface area contributed by atoms with Gasteiger partial charge in [-0.15, -0.1) is 0 Å². The molecule has 0 radical (unpaired) electrons. The number of ether oxygens (including phenoxy) is 1. The zero-order valence-corrected chi connectivity index (χ0v) is 12.2. The van der Waals surface area contributed by atoms with Gasteiger partial charge in [0.05, 0.1) is 0 Å². The van der Waals surface area contributed by atoms with Crippen LogP contribution in [-0.2, 0) is 6.61 Å². The van der Waals surface area contributed by atoms with E-state index in [0.717, 1.165) is 27.0 Å². The first kappa shape index (κ1) is 12.9. The number of aromatic nitrogens is 1. The molecule has 3 aromatic rings. The van der Waals surface area contributed by atoms with Gasteiger partial charge >= 0.3 is 0 Å². The van der Waals surface area contributed by atoms with Crippen LogP contribution in [0.4, 0.5) is 0 Å². The number of hydrogen-bond acceptors (Lipinski definition) is 3. The van der Waals surface area contributed by atoms with Gasteiger partial charge in [0.2, 0.25) is 0 Å². The van der Waals surface area contributed by atoms with Gasteiger partial charge in [-0.3, -0.25) is 0 Å². The minimum Gasteiger partial charge on any atom is -0.488 e. The van der Waals surface area contributed by atoms with Crippen LogP contribution in [0.3, 0.4) is 0 Å². The highest BCUT2D eigenvalue weighted by Crippen LogP contribution is 2.32. The second kappa shape index (κ2) is 5.92. The van der Waals surface area contributed by atoms with Gasteiger partial charge in [-0.05, 0) is 23.8 Å². The molecule has 0 aliphatic heterocycles. The molecule has 0 aliphatic carbocycles. The summed E-state index contributed by atoms with van der Waals surface area (Å²) in [4.78, 5) is 4.17. The highest BCUT2D eigenvalue weighted by atomic mass is 79.9. The Morgan fingerprint density at radius 2 is 1.95 bits per heavy atom. The van der Waals surface area contributed by atoms with Crippen molar-refractivity contribution in [2.45, 2.75) is 6.61 Å². The van der Waals surface area contributed by atoms with E-state index in [1.807, 2.05) is 48.5 Å². The molecule has 100 valence electrons. The average molecular weight is 330 g/mol. The highest BCUT2D eigenvalue weighted by Gasteiger charge is 2.10. The summed E-state index contributed by atoms with van der Waals surface area (Å²) in [5.74, 6) is 0.775. The molecule has 20 heavy (non-hydrogen) atoms. The smallest absolute Gasteiger partial charge is 0.181 e. The molecule has 4 heteroatoms. The zero-order valence-electron chi connectivity index (χ0n) is 10.6. The fourth-order valence-electron chi connectivity index (χ4n) is 1.91.